The number of aryl methyl sites for hydroxylation is 1. The van der Waals surface area contributed by atoms with Gasteiger partial charge in [-0.2, -0.15) is 0 Å². The van der Waals surface area contributed by atoms with Crippen LogP contribution in [0.15, 0.2) is 83.8 Å². The second-order valence-corrected chi connectivity index (χ2v) is 9.15. The molecule has 3 rings (SSSR count). The Balaban J connectivity index is 1.41. The Morgan fingerprint density at radius 3 is 2.55 bits per heavy atom. The van der Waals surface area contributed by atoms with Gasteiger partial charge in [0.05, 0.1) is 4.90 Å². The van der Waals surface area contributed by atoms with Crippen molar-refractivity contribution in [3.63, 3.8) is 0 Å². The molecule has 0 aliphatic heterocycles. The fourth-order valence-electron chi connectivity index (χ4n) is 3.28. The van der Waals surface area contributed by atoms with Gasteiger partial charge in [-0.3, -0.25) is 0 Å². The van der Waals surface area contributed by atoms with Gasteiger partial charge in [0, 0.05) is 25.6 Å². The molecular weight excluding hydrogens is 404 g/mol. The number of fused-ring (bicyclic) bond motifs is 1. The van der Waals surface area contributed by atoms with E-state index in [-0.39, 0.29) is 17.5 Å². The molecule has 0 aliphatic carbocycles. The van der Waals surface area contributed by atoms with E-state index in [0.29, 0.717) is 13.0 Å². The number of sulfonamides is 1. The van der Waals surface area contributed by atoms with Gasteiger partial charge in [0.1, 0.15) is 0 Å². The van der Waals surface area contributed by atoms with Crippen LogP contribution in [0.3, 0.4) is 0 Å². The van der Waals surface area contributed by atoms with Gasteiger partial charge in [0.15, 0.2) is 0 Å². The molecule has 0 spiro atoms. The van der Waals surface area contributed by atoms with E-state index in [1.807, 2.05) is 13.0 Å². The minimum Gasteiger partial charge on any atom is -0.307 e. The summed E-state index contributed by atoms with van der Waals surface area (Å²) in [5.41, 5.74) is 2.30. The first-order valence-electron chi connectivity index (χ1n) is 10.4. The monoisotopic (exact) mass is 432 g/mol. The van der Waals surface area contributed by atoms with Gasteiger partial charge < -0.3 is 5.32 Å². The second-order valence-electron chi connectivity index (χ2n) is 7.38. The molecule has 2 N–H and O–H groups in total. The number of nitrogens with one attached hydrogen (secondary N) is 2. The quantitative estimate of drug-likeness (QED) is 0.400. The molecule has 160 valence electrons. The topological polar surface area (TPSA) is 58.2 Å². The van der Waals surface area contributed by atoms with Crippen LogP contribution in [0.2, 0.25) is 0 Å². The van der Waals surface area contributed by atoms with Crippen molar-refractivity contribution >= 4 is 20.8 Å². The molecule has 3 aromatic carbocycles. The molecule has 0 fully saturated rings. The van der Waals surface area contributed by atoms with Crippen molar-refractivity contribution in [1.29, 1.82) is 0 Å². The molecular formula is C26H28N2O2S. The average molecular weight is 433 g/mol. The maximum Gasteiger partial charge on any atom is 0.240 e. The summed E-state index contributed by atoms with van der Waals surface area (Å²) in [6, 6.07) is 21.8. The largest absolute Gasteiger partial charge is 0.307 e. The van der Waals surface area contributed by atoms with E-state index >= 15 is 0 Å². The van der Waals surface area contributed by atoms with E-state index in [4.69, 9.17) is 0 Å². The first-order chi connectivity index (χ1) is 15.0. The Kier molecular flexibility index (Phi) is 8.02. The smallest absolute Gasteiger partial charge is 0.240 e. The number of rotatable bonds is 8. The Morgan fingerprint density at radius 2 is 1.74 bits per heavy atom. The van der Waals surface area contributed by atoms with Crippen molar-refractivity contribution in [2.45, 2.75) is 31.2 Å². The fourth-order valence-corrected chi connectivity index (χ4v) is 4.31. The van der Waals surface area contributed by atoms with Crippen LogP contribution in [0.25, 0.3) is 10.8 Å². The zero-order valence-corrected chi connectivity index (χ0v) is 18.7. The highest BCUT2D eigenvalue weighted by molar-refractivity contribution is 7.89. The highest BCUT2D eigenvalue weighted by Crippen LogP contribution is 2.23. The van der Waals surface area contributed by atoms with Crippen molar-refractivity contribution in [2.75, 3.05) is 13.1 Å². The molecule has 0 heterocycles. The summed E-state index contributed by atoms with van der Waals surface area (Å²) < 4.78 is 27.0. The van der Waals surface area contributed by atoms with E-state index in [9.17, 15) is 8.42 Å². The van der Waals surface area contributed by atoms with E-state index in [0.717, 1.165) is 5.56 Å². The molecule has 5 heteroatoms. The summed E-state index contributed by atoms with van der Waals surface area (Å²) in [5, 5.41) is 6.00. The third-order valence-electron chi connectivity index (χ3n) is 5.01. The zero-order chi connectivity index (χ0) is 22.1. The lowest BCUT2D eigenvalue weighted by Crippen LogP contribution is -2.24. The molecule has 31 heavy (non-hydrogen) atoms. The van der Waals surface area contributed by atoms with Gasteiger partial charge in [-0.15, -0.1) is 0 Å². The third kappa shape index (κ3) is 6.53. The van der Waals surface area contributed by atoms with Crippen molar-refractivity contribution in [1.82, 2.24) is 10.0 Å². The fraction of sp³-hybridized carbons (Fsp3) is 0.231. The first-order valence-corrected chi connectivity index (χ1v) is 11.9. The highest BCUT2D eigenvalue weighted by Gasteiger charge is 2.12. The molecule has 0 amide bonds. The Hall–Kier alpha value is -2.91. The molecule has 3 aromatic rings. The van der Waals surface area contributed by atoms with Crippen molar-refractivity contribution in [3.05, 3.63) is 90.0 Å². The summed E-state index contributed by atoms with van der Waals surface area (Å²) in [6.45, 7) is 5.07. The van der Waals surface area contributed by atoms with Crippen LogP contribution in [0.1, 0.15) is 30.5 Å². The van der Waals surface area contributed by atoms with Gasteiger partial charge >= 0.3 is 0 Å². The van der Waals surface area contributed by atoms with Gasteiger partial charge in [-0.1, -0.05) is 78.1 Å². The molecule has 0 bridgehead atoms. The van der Waals surface area contributed by atoms with E-state index in [1.54, 1.807) is 30.3 Å². The first kappa shape index (κ1) is 22.8. The van der Waals surface area contributed by atoms with Gasteiger partial charge in [0.25, 0.3) is 0 Å². The molecule has 0 radical (unpaired) electrons. The van der Waals surface area contributed by atoms with Crippen molar-refractivity contribution in [3.8, 4) is 11.8 Å². The second kappa shape index (κ2) is 10.9. The molecule has 0 unspecified atom stereocenters. The van der Waals surface area contributed by atoms with Crippen molar-refractivity contribution in [2.24, 2.45) is 0 Å². The lowest BCUT2D eigenvalue weighted by molar-refractivity contribution is 0.582. The van der Waals surface area contributed by atoms with Crippen LogP contribution in [0.4, 0.5) is 0 Å². The van der Waals surface area contributed by atoms with Crippen molar-refractivity contribution < 1.29 is 8.42 Å². The van der Waals surface area contributed by atoms with Crippen LogP contribution in [-0.4, -0.2) is 21.5 Å². The summed E-state index contributed by atoms with van der Waals surface area (Å²) in [6.07, 6.45) is 4.23. The van der Waals surface area contributed by atoms with Gasteiger partial charge in [-0.25, -0.2) is 13.1 Å². The lowest BCUT2D eigenvalue weighted by Gasteiger charge is -2.15. The van der Waals surface area contributed by atoms with Crippen LogP contribution >= 0.6 is 0 Å². The molecule has 0 saturated carbocycles. The Morgan fingerprint density at radius 1 is 1.00 bits per heavy atom. The van der Waals surface area contributed by atoms with Gasteiger partial charge in [-0.05, 0) is 48.4 Å². The number of hydrogen-bond acceptors (Lipinski definition) is 3. The van der Waals surface area contributed by atoms with Crippen LogP contribution < -0.4 is 10.0 Å². The summed E-state index contributed by atoms with van der Waals surface area (Å²) in [7, 11) is -3.48. The van der Waals surface area contributed by atoms with Crippen LogP contribution in [0, 0.1) is 18.8 Å². The third-order valence-corrected chi connectivity index (χ3v) is 6.49. The molecule has 4 nitrogen and oxygen atoms in total. The predicted molar refractivity (Wildman–Crippen MR) is 128 cm³/mol. The summed E-state index contributed by atoms with van der Waals surface area (Å²) >= 11 is 0. The highest BCUT2D eigenvalue weighted by atomic mass is 32.2. The molecule has 0 aliphatic rings. The predicted octanol–water partition coefficient (Wildman–Crippen LogP) is 4.73. The molecule has 1 atom stereocenters. The Labute approximate surface area is 185 Å². The van der Waals surface area contributed by atoms with Crippen LogP contribution in [0.5, 0.6) is 0 Å². The van der Waals surface area contributed by atoms with E-state index in [2.05, 4.69) is 71.3 Å². The van der Waals surface area contributed by atoms with Crippen LogP contribution in [-0.2, 0) is 10.0 Å². The van der Waals surface area contributed by atoms with Gasteiger partial charge in [0.2, 0.25) is 10.0 Å². The lowest BCUT2D eigenvalue weighted by atomic mass is 10.00. The SMILES string of the molecule is Cc1ccc(S(=O)(=O)NCCC#CC=CCN[C@H](C)c2cccc3ccccc23)cc1. The summed E-state index contributed by atoms with van der Waals surface area (Å²) in [5.74, 6) is 5.93. The zero-order valence-electron chi connectivity index (χ0n) is 17.9. The average Bonchev–Trinajstić information content (AvgIpc) is 2.77. The minimum atomic E-state index is -3.48. The minimum absolute atomic E-state index is 0.222. The number of allylic oxidation sites excluding steroid dienone is 1. The van der Waals surface area contributed by atoms with E-state index in [1.165, 1.54) is 16.3 Å². The number of benzene rings is 3. The van der Waals surface area contributed by atoms with E-state index < -0.39 is 10.0 Å². The maximum atomic E-state index is 12.2. The Bertz CT molecular complexity index is 1200. The molecule has 0 aromatic heterocycles. The maximum absolute atomic E-state index is 12.2. The molecule has 0 saturated heterocycles. The summed E-state index contributed by atoms with van der Waals surface area (Å²) in [4.78, 5) is 0.275. The normalized spacial score (nSPS) is 12.6. The standard InChI is InChI=1S/C26H28N2O2S/c1-21-15-17-24(18-16-21)31(29,30)28-20-9-5-3-4-8-19-27-22(2)25-14-10-12-23-11-6-7-13-26(23)25/h4,6-8,10-18,22,27-28H,9,19-20H2,1-2H3/t22-/m1/s1. The number of hydrogen-bond donors (Lipinski definition) is 2.